The zero-order chi connectivity index (χ0) is 22.2. The van der Waals surface area contributed by atoms with Crippen LogP contribution < -0.4 is 10.6 Å². The van der Waals surface area contributed by atoms with E-state index in [9.17, 15) is 0 Å². The van der Waals surface area contributed by atoms with Crippen LogP contribution >= 0.6 is 0 Å². The van der Waals surface area contributed by atoms with Crippen LogP contribution in [0.1, 0.15) is 67.8 Å². The van der Waals surface area contributed by atoms with Gasteiger partial charge in [0.25, 0.3) is 0 Å². The summed E-state index contributed by atoms with van der Waals surface area (Å²) in [5, 5.41) is 11.7. The Morgan fingerprint density at radius 2 is 1.94 bits per heavy atom. The van der Waals surface area contributed by atoms with E-state index >= 15 is 0 Å². The molecule has 2 atom stereocenters. The highest BCUT2D eigenvalue weighted by atomic mass is 16.5. The first-order valence-corrected chi connectivity index (χ1v) is 11.8. The Morgan fingerprint density at radius 1 is 1.16 bits per heavy atom. The third kappa shape index (κ3) is 5.88. The minimum Gasteiger partial charge on any atom is -0.373 e. The molecular formula is C25H39N5O. The van der Waals surface area contributed by atoms with Gasteiger partial charge in [-0.15, -0.1) is 0 Å². The lowest BCUT2D eigenvalue weighted by molar-refractivity contribution is -0.0265. The van der Waals surface area contributed by atoms with Gasteiger partial charge in [-0.2, -0.15) is 5.10 Å². The van der Waals surface area contributed by atoms with Gasteiger partial charge in [-0.05, 0) is 45.1 Å². The molecule has 6 heteroatoms. The standard InChI is InChI=1S/C25H39N5O/c1-6-22-21(23(7-2)30(5)29-22)17-28-25(26-8-3)27-16-20-10-9-15-31-24(20)19-13-11-18(4)12-14-19/h11-14,20,24H,6-10,15-17H2,1-5H3,(H2,26,27,28). The van der Waals surface area contributed by atoms with Crippen LogP contribution in [0.2, 0.25) is 0 Å². The summed E-state index contributed by atoms with van der Waals surface area (Å²) < 4.78 is 8.20. The number of hydrogen-bond acceptors (Lipinski definition) is 3. The summed E-state index contributed by atoms with van der Waals surface area (Å²) in [5.74, 6) is 1.29. The molecular weight excluding hydrogens is 386 g/mol. The van der Waals surface area contributed by atoms with Crippen LogP contribution in [-0.2, 0) is 31.2 Å². The van der Waals surface area contributed by atoms with E-state index in [4.69, 9.17) is 9.73 Å². The van der Waals surface area contributed by atoms with Gasteiger partial charge in [0.15, 0.2) is 5.96 Å². The summed E-state index contributed by atoms with van der Waals surface area (Å²) in [6, 6.07) is 8.76. The summed E-state index contributed by atoms with van der Waals surface area (Å²) in [7, 11) is 2.03. The summed E-state index contributed by atoms with van der Waals surface area (Å²) in [4.78, 5) is 4.91. The highest BCUT2D eigenvalue weighted by molar-refractivity contribution is 5.79. The molecule has 1 aromatic heterocycles. The first-order chi connectivity index (χ1) is 15.1. The fraction of sp³-hybridized carbons (Fsp3) is 0.600. The number of aromatic nitrogens is 2. The second-order valence-electron chi connectivity index (χ2n) is 8.38. The molecule has 0 aliphatic carbocycles. The van der Waals surface area contributed by atoms with Crippen molar-refractivity contribution in [3.63, 3.8) is 0 Å². The van der Waals surface area contributed by atoms with Crippen molar-refractivity contribution in [2.75, 3.05) is 19.7 Å². The predicted octanol–water partition coefficient (Wildman–Crippen LogP) is 4.08. The molecule has 31 heavy (non-hydrogen) atoms. The van der Waals surface area contributed by atoms with Crippen LogP contribution in [0.5, 0.6) is 0 Å². The van der Waals surface area contributed by atoms with E-state index in [-0.39, 0.29) is 6.10 Å². The maximum Gasteiger partial charge on any atom is 0.191 e. The van der Waals surface area contributed by atoms with Crippen LogP contribution in [0.15, 0.2) is 29.3 Å². The molecule has 3 rings (SSSR count). The smallest absolute Gasteiger partial charge is 0.191 e. The quantitative estimate of drug-likeness (QED) is 0.494. The van der Waals surface area contributed by atoms with E-state index in [1.807, 2.05) is 11.7 Å². The van der Waals surface area contributed by atoms with E-state index in [0.29, 0.717) is 12.5 Å². The fourth-order valence-corrected chi connectivity index (χ4v) is 4.48. The van der Waals surface area contributed by atoms with Crippen molar-refractivity contribution in [1.29, 1.82) is 0 Å². The van der Waals surface area contributed by atoms with Crippen molar-refractivity contribution in [3.05, 3.63) is 52.3 Å². The van der Waals surface area contributed by atoms with Gasteiger partial charge in [0.05, 0.1) is 18.3 Å². The van der Waals surface area contributed by atoms with E-state index in [1.54, 1.807) is 0 Å². The van der Waals surface area contributed by atoms with Gasteiger partial charge < -0.3 is 15.4 Å². The van der Waals surface area contributed by atoms with Crippen molar-refractivity contribution >= 4 is 5.96 Å². The number of hydrogen-bond donors (Lipinski definition) is 2. The Labute approximate surface area is 187 Å². The molecule has 0 bridgehead atoms. The maximum absolute atomic E-state index is 6.19. The highest BCUT2D eigenvalue weighted by Gasteiger charge is 2.27. The topological polar surface area (TPSA) is 63.5 Å². The molecule has 1 aliphatic heterocycles. The van der Waals surface area contributed by atoms with Crippen molar-refractivity contribution in [3.8, 4) is 0 Å². The Morgan fingerprint density at radius 3 is 2.61 bits per heavy atom. The molecule has 0 amide bonds. The third-order valence-corrected chi connectivity index (χ3v) is 6.15. The molecule has 170 valence electrons. The highest BCUT2D eigenvalue weighted by Crippen LogP contribution is 2.33. The number of aliphatic imine (C=N–C) groups is 1. The lowest BCUT2D eigenvalue weighted by atomic mass is 9.89. The molecule has 2 aromatic rings. The first kappa shape index (κ1) is 23.3. The van der Waals surface area contributed by atoms with Crippen LogP contribution in [0.3, 0.4) is 0 Å². The fourth-order valence-electron chi connectivity index (χ4n) is 4.48. The zero-order valence-electron chi connectivity index (χ0n) is 19.9. The minimum atomic E-state index is 0.140. The van der Waals surface area contributed by atoms with Gasteiger partial charge in [-0.25, -0.2) is 4.99 Å². The van der Waals surface area contributed by atoms with Gasteiger partial charge in [-0.1, -0.05) is 43.7 Å². The van der Waals surface area contributed by atoms with Crippen molar-refractivity contribution < 1.29 is 4.74 Å². The van der Waals surface area contributed by atoms with E-state index in [1.165, 1.54) is 22.4 Å². The van der Waals surface area contributed by atoms with Gasteiger partial charge >= 0.3 is 0 Å². The lowest BCUT2D eigenvalue weighted by Crippen LogP contribution is -2.42. The van der Waals surface area contributed by atoms with Gasteiger partial charge in [0.1, 0.15) is 0 Å². The summed E-state index contributed by atoms with van der Waals surface area (Å²) >= 11 is 0. The number of benzene rings is 1. The Balaban J connectivity index is 1.70. The number of rotatable bonds is 8. The number of ether oxygens (including phenoxy) is 1. The van der Waals surface area contributed by atoms with Crippen LogP contribution in [-0.4, -0.2) is 35.4 Å². The Hall–Kier alpha value is -2.34. The van der Waals surface area contributed by atoms with Crippen LogP contribution in [0.4, 0.5) is 0 Å². The van der Waals surface area contributed by atoms with Crippen molar-refractivity contribution in [2.24, 2.45) is 18.0 Å². The number of nitrogens with one attached hydrogen (secondary N) is 2. The molecule has 6 nitrogen and oxygen atoms in total. The summed E-state index contributed by atoms with van der Waals surface area (Å²) in [6.45, 7) is 11.7. The van der Waals surface area contributed by atoms with E-state index in [0.717, 1.165) is 57.0 Å². The van der Waals surface area contributed by atoms with Crippen LogP contribution in [0.25, 0.3) is 0 Å². The maximum atomic E-state index is 6.19. The number of guanidine groups is 1. The van der Waals surface area contributed by atoms with Gasteiger partial charge in [0.2, 0.25) is 0 Å². The zero-order valence-corrected chi connectivity index (χ0v) is 19.9. The molecule has 0 saturated carbocycles. The minimum absolute atomic E-state index is 0.140. The molecule has 0 radical (unpaired) electrons. The van der Waals surface area contributed by atoms with Gasteiger partial charge in [-0.3, -0.25) is 4.68 Å². The van der Waals surface area contributed by atoms with Crippen molar-refractivity contribution in [1.82, 2.24) is 20.4 Å². The Kier molecular flexibility index (Phi) is 8.52. The molecule has 2 N–H and O–H groups in total. The van der Waals surface area contributed by atoms with E-state index in [2.05, 4.69) is 67.7 Å². The molecule has 2 heterocycles. The average molecular weight is 426 g/mol. The monoisotopic (exact) mass is 425 g/mol. The lowest BCUT2D eigenvalue weighted by Gasteiger charge is -2.32. The second kappa shape index (κ2) is 11.3. The Bertz CT molecular complexity index is 856. The van der Waals surface area contributed by atoms with Crippen LogP contribution in [0, 0.1) is 12.8 Å². The molecule has 1 saturated heterocycles. The molecule has 2 unspecified atom stereocenters. The number of aryl methyl sites for hydroxylation is 3. The van der Waals surface area contributed by atoms with E-state index < -0.39 is 0 Å². The number of nitrogens with zero attached hydrogens (tertiary/aromatic N) is 3. The van der Waals surface area contributed by atoms with Gasteiger partial charge in [0, 0.05) is 43.9 Å². The summed E-state index contributed by atoms with van der Waals surface area (Å²) in [5.41, 5.74) is 6.25. The molecule has 1 fully saturated rings. The first-order valence-electron chi connectivity index (χ1n) is 11.8. The predicted molar refractivity (Wildman–Crippen MR) is 127 cm³/mol. The SMILES string of the molecule is CCNC(=NCc1c(CC)nn(C)c1CC)NCC1CCCOC1c1ccc(C)cc1. The molecule has 0 spiro atoms. The summed E-state index contributed by atoms with van der Waals surface area (Å²) in [6.07, 6.45) is 4.31. The third-order valence-electron chi connectivity index (χ3n) is 6.15. The van der Waals surface area contributed by atoms with Crippen molar-refractivity contribution in [2.45, 2.75) is 66.0 Å². The average Bonchev–Trinajstić information content (AvgIpc) is 3.10. The normalized spacial score (nSPS) is 19.5. The molecule has 1 aliphatic rings. The molecule has 1 aromatic carbocycles. The second-order valence-corrected chi connectivity index (χ2v) is 8.38. The largest absolute Gasteiger partial charge is 0.373 e.